The maximum atomic E-state index is 11.1. The summed E-state index contributed by atoms with van der Waals surface area (Å²) in [6.45, 7) is 1.20. The molecule has 2 fully saturated rings. The van der Waals surface area contributed by atoms with Crippen molar-refractivity contribution in [2.24, 2.45) is 12.5 Å². The maximum Gasteiger partial charge on any atom is 0.407 e. The highest BCUT2D eigenvalue weighted by Crippen LogP contribution is 2.49. The van der Waals surface area contributed by atoms with E-state index in [0.717, 1.165) is 29.6 Å². The topological polar surface area (TPSA) is 78.6 Å². The zero-order chi connectivity index (χ0) is 16.2. The van der Waals surface area contributed by atoms with Gasteiger partial charge in [-0.25, -0.2) is 9.78 Å². The highest BCUT2D eigenvalue weighted by Gasteiger charge is 2.50. The van der Waals surface area contributed by atoms with Gasteiger partial charge in [0.2, 0.25) is 0 Å². The quantitative estimate of drug-likeness (QED) is 0.846. The molecule has 0 radical (unpaired) electrons. The molecule has 0 aromatic carbocycles. The second-order valence-corrected chi connectivity index (χ2v) is 7.21. The Morgan fingerprint density at radius 3 is 2.52 bits per heavy atom. The third kappa shape index (κ3) is 2.20. The molecule has 1 spiro atoms. The van der Waals surface area contributed by atoms with Gasteiger partial charge in [-0.3, -0.25) is 0 Å². The van der Waals surface area contributed by atoms with Crippen LogP contribution in [-0.4, -0.2) is 43.8 Å². The van der Waals surface area contributed by atoms with Crippen molar-refractivity contribution in [1.82, 2.24) is 14.5 Å². The van der Waals surface area contributed by atoms with E-state index in [1.807, 2.05) is 36.0 Å². The SMILES string of the molecule is Cn1ccc2ccc(C3(O)CCC4(CC3)CN(C(=O)O)C4)nc21. The van der Waals surface area contributed by atoms with Crippen molar-refractivity contribution in [1.29, 1.82) is 0 Å². The van der Waals surface area contributed by atoms with Crippen molar-refractivity contribution in [2.75, 3.05) is 13.1 Å². The van der Waals surface area contributed by atoms with E-state index in [2.05, 4.69) is 4.98 Å². The summed E-state index contributed by atoms with van der Waals surface area (Å²) in [5.41, 5.74) is 0.792. The summed E-state index contributed by atoms with van der Waals surface area (Å²) in [5, 5.41) is 21.1. The largest absolute Gasteiger partial charge is 0.465 e. The number of likely N-dealkylation sites (tertiary alicyclic amines) is 1. The van der Waals surface area contributed by atoms with Crippen LogP contribution in [0.5, 0.6) is 0 Å². The number of aromatic nitrogens is 2. The minimum Gasteiger partial charge on any atom is -0.465 e. The second-order valence-electron chi connectivity index (χ2n) is 7.21. The van der Waals surface area contributed by atoms with Gasteiger partial charge in [0.15, 0.2) is 0 Å². The summed E-state index contributed by atoms with van der Waals surface area (Å²) in [6.07, 6.45) is 4.11. The van der Waals surface area contributed by atoms with Crippen LogP contribution < -0.4 is 0 Å². The van der Waals surface area contributed by atoms with Gasteiger partial charge in [-0.2, -0.15) is 0 Å². The summed E-state index contributed by atoms with van der Waals surface area (Å²) in [6, 6.07) is 5.95. The van der Waals surface area contributed by atoms with Gasteiger partial charge in [-0.1, -0.05) is 0 Å². The molecule has 23 heavy (non-hydrogen) atoms. The first kappa shape index (κ1) is 14.5. The van der Waals surface area contributed by atoms with Crippen LogP contribution >= 0.6 is 0 Å². The Hall–Kier alpha value is -2.08. The molecule has 122 valence electrons. The predicted octanol–water partition coefficient (Wildman–Crippen LogP) is 2.31. The molecule has 0 unspecified atom stereocenters. The van der Waals surface area contributed by atoms with Crippen molar-refractivity contribution in [3.05, 3.63) is 30.1 Å². The fraction of sp³-hybridized carbons (Fsp3) is 0.529. The number of amides is 1. The van der Waals surface area contributed by atoms with Crippen LogP contribution in [0.4, 0.5) is 4.79 Å². The van der Waals surface area contributed by atoms with Gasteiger partial charge in [0.1, 0.15) is 11.2 Å². The molecular weight excluding hydrogens is 294 g/mol. The average Bonchev–Trinajstić information content (AvgIpc) is 2.87. The Morgan fingerprint density at radius 2 is 1.87 bits per heavy atom. The third-order valence-corrected chi connectivity index (χ3v) is 5.65. The molecule has 2 aliphatic rings. The average molecular weight is 315 g/mol. The minimum absolute atomic E-state index is 0.0691. The number of carbonyl (C=O) groups is 1. The van der Waals surface area contributed by atoms with Gasteiger partial charge in [-0.15, -0.1) is 0 Å². The van der Waals surface area contributed by atoms with Crippen LogP contribution in [-0.2, 0) is 12.6 Å². The fourth-order valence-corrected chi connectivity index (χ4v) is 4.06. The van der Waals surface area contributed by atoms with Crippen molar-refractivity contribution >= 4 is 17.1 Å². The first-order chi connectivity index (χ1) is 10.9. The van der Waals surface area contributed by atoms with Gasteiger partial charge in [0.25, 0.3) is 0 Å². The Labute approximate surface area is 134 Å². The molecule has 1 aliphatic heterocycles. The molecule has 4 rings (SSSR count). The summed E-state index contributed by atoms with van der Waals surface area (Å²) in [4.78, 5) is 17.1. The van der Waals surface area contributed by atoms with Gasteiger partial charge in [0, 0.05) is 37.1 Å². The number of fused-ring (bicyclic) bond motifs is 1. The van der Waals surface area contributed by atoms with Crippen molar-refractivity contribution in [3.8, 4) is 0 Å². The lowest BCUT2D eigenvalue weighted by Gasteiger charge is -2.53. The normalized spacial score (nSPS) is 22.3. The Morgan fingerprint density at radius 1 is 1.17 bits per heavy atom. The van der Waals surface area contributed by atoms with E-state index in [-0.39, 0.29) is 5.41 Å². The fourth-order valence-electron chi connectivity index (χ4n) is 4.06. The number of pyridine rings is 1. The molecule has 3 heterocycles. The van der Waals surface area contributed by atoms with Crippen molar-refractivity contribution in [2.45, 2.75) is 31.3 Å². The summed E-state index contributed by atoms with van der Waals surface area (Å²) < 4.78 is 1.96. The maximum absolute atomic E-state index is 11.1. The van der Waals surface area contributed by atoms with Gasteiger partial charge in [0.05, 0.1) is 5.69 Å². The lowest BCUT2D eigenvalue weighted by molar-refractivity contribution is -0.0889. The number of hydrogen-bond donors (Lipinski definition) is 2. The lowest BCUT2D eigenvalue weighted by Crippen LogP contribution is -2.60. The number of aryl methyl sites for hydroxylation is 1. The van der Waals surface area contributed by atoms with Crippen LogP contribution in [0, 0.1) is 5.41 Å². The smallest absolute Gasteiger partial charge is 0.407 e. The minimum atomic E-state index is -0.895. The predicted molar refractivity (Wildman–Crippen MR) is 85.1 cm³/mol. The third-order valence-electron chi connectivity index (χ3n) is 5.65. The van der Waals surface area contributed by atoms with E-state index in [4.69, 9.17) is 5.11 Å². The Balaban J connectivity index is 1.53. The molecule has 6 heteroatoms. The van der Waals surface area contributed by atoms with Crippen LogP contribution in [0.1, 0.15) is 31.4 Å². The van der Waals surface area contributed by atoms with E-state index in [1.165, 1.54) is 4.90 Å². The van der Waals surface area contributed by atoms with Crippen molar-refractivity contribution in [3.63, 3.8) is 0 Å². The Kier molecular flexibility index (Phi) is 2.97. The number of nitrogens with zero attached hydrogens (tertiary/aromatic N) is 3. The highest BCUT2D eigenvalue weighted by molar-refractivity contribution is 5.76. The van der Waals surface area contributed by atoms with Crippen LogP contribution in [0.2, 0.25) is 0 Å². The van der Waals surface area contributed by atoms with Crippen LogP contribution in [0.3, 0.4) is 0 Å². The Bertz CT molecular complexity index is 766. The van der Waals surface area contributed by atoms with E-state index in [0.29, 0.717) is 25.9 Å². The molecule has 2 aromatic heterocycles. The molecule has 0 atom stereocenters. The van der Waals surface area contributed by atoms with Gasteiger partial charge >= 0.3 is 6.09 Å². The first-order valence-corrected chi connectivity index (χ1v) is 8.04. The standard InChI is InChI=1S/C17H21N3O3/c1-19-9-4-12-2-3-13(18-14(12)19)17(23)7-5-16(6-8-17)10-20(11-16)15(21)22/h2-4,9,23H,5-8,10-11H2,1H3,(H,21,22). The number of hydrogen-bond acceptors (Lipinski definition) is 3. The lowest BCUT2D eigenvalue weighted by atomic mass is 9.64. The van der Waals surface area contributed by atoms with Crippen molar-refractivity contribution < 1.29 is 15.0 Å². The molecule has 0 bridgehead atoms. The monoisotopic (exact) mass is 315 g/mol. The van der Waals surface area contributed by atoms with Crippen LogP contribution in [0.15, 0.2) is 24.4 Å². The van der Waals surface area contributed by atoms with Crippen LogP contribution in [0.25, 0.3) is 11.0 Å². The second kappa shape index (κ2) is 4.71. The summed E-state index contributed by atoms with van der Waals surface area (Å²) in [7, 11) is 1.95. The molecular formula is C17H21N3O3. The van der Waals surface area contributed by atoms with Gasteiger partial charge in [-0.05, 0) is 43.9 Å². The van der Waals surface area contributed by atoms with E-state index < -0.39 is 11.7 Å². The number of aliphatic hydroxyl groups is 1. The number of rotatable bonds is 1. The molecule has 1 saturated heterocycles. The number of carboxylic acid groups (broad SMARTS) is 1. The first-order valence-electron chi connectivity index (χ1n) is 8.04. The highest BCUT2D eigenvalue weighted by atomic mass is 16.4. The zero-order valence-electron chi connectivity index (χ0n) is 13.2. The van der Waals surface area contributed by atoms with Gasteiger partial charge < -0.3 is 19.7 Å². The molecule has 6 nitrogen and oxygen atoms in total. The zero-order valence-corrected chi connectivity index (χ0v) is 13.2. The molecule has 2 N–H and O–H groups in total. The van der Waals surface area contributed by atoms with E-state index in [9.17, 15) is 9.90 Å². The molecule has 1 aliphatic carbocycles. The summed E-state index contributed by atoms with van der Waals surface area (Å²) in [5.74, 6) is 0. The van der Waals surface area contributed by atoms with E-state index >= 15 is 0 Å². The molecule has 1 amide bonds. The summed E-state index contributed by atoms with van der Waals surface area (Å²) >= 11 is 0. The molecule has 1 saturated carbocycles. The van der Waals surface area contributed by atoms with E-state index in [1.54, 1.807) is 0 Å². The molecule has 2 aromatic rings.